The van der Waals surface area contributed by atoms with E-state index in [9.17, 15) is 9.59 Å². The fraction of sp³-hybridized carbons (Fsp3) is 0.529. The predicted octanol–water partition coefficient (Wildman–Crippen LogP) is 3.11. The Bertz CT molecular complexity index is 511. The average molecular weight is 291 g/mol. The molecule has 4 nitrogen and oxygen atoms in total. The van der Waals surface area contributed by atoms with Gasteiger partial charge >= 0.3 is 5.97 Å². The molecule has 0 aliphatic carbocycles. The number of Topliss-reactive ketones (excluding diaryl/α,β-unsaturated/α-hetero) is 1. The number of carboxylic acid groups (broad SMARTS) is 1. The SMILES string of the molecule is CCC(C)NC(CCC(=O)O)C(=O)c1ccc(C)cc1C. The Morgan fingerprint density at radius 1 is 1.29 bits per heavy atom. The van der Waals surface area contributed by atoms with Crippen LogP contribution < -0.4 is 5.32 Å². The summed E-state index contributed by atoms with van der Waals surface area (Å²) >= 11 is 0. The van der Waals surface area contributed by atoms with Crippen LogP contribution in [0.15, 0.2) is 18.2 Å². The number of rotatable bonds is 8. The standard InChI is InChI=1S/C17H25NO3/c1-5-13(4)18-15(8-9-16(19)20)17(21)14-7-6-11(2)10-12(14)3/h6-7,10,13,15,18H,5,8-9H2,1-4H3,(H,19,20). The van der Waals surface area contributed by atoms with Crippen LogP contribution in [0.2, 0.25) is 0 Å². The molecule has 0 fully saturated rings. The molecule has 116 valence electrons. The van der Waals surface area contributed by atoms with Gasteiger partial charge in [-0.1, -0.05) is 30.7 Å². The first-order chi connectivity index (χ1) is 9.85. The molecule has 1 aromatic carbocycles. The van der Waals surface area contributed by atoms with E-state index in [1.807, 2.05) is 45.9 Å². The summed E-state index contributed by atoms with van der Waals surface area (Å²) in [5.41, 5.74) is 2.72. The topological polar surface area (TPSA) is 66.4 Å². The van der Waals surface area contributed by atoms with Gasteiger partial charge in [0.2, 0.25) is 0 Å². The number of carboxylic acids is 1. The Balaban J connectivity index is 2.94. The van der Waals surface area contributed by atoms with Gasteiger partial charge in [0.1, 0.15) is 0 Å². The van der Waals surface area contributed by atoms with E-state index >= 15 is 0 Å². The van der Waals surface area contributed by atoms with Crippen LogP contribution in [-0.4, -0.2) is 28.9 Å². The number of carbonyl (C=O) groups excluding carboxylic acids is 1. The van der Waals surface area contributed by atoms with Gasteiger partial charge in [-0.2, -0.15) is 0 Å². The lowest BCUT2D eigenvalue weighted by Gasteiger charge is -2.22. The van der Waals surface area contributed by atoms with Crippen LogP contribution in [0.5, 0.6) is 0 Å². The first-order valence-corrected chi connectivity index (χ1v) is 7.44. The third-order valence-electron chi connectivity index (χ3n) is 3.71. The van der Waals surface area contributed by atoms with E-state index in [-0.39, 0.29) is 18.2 Å². The first-order valence-electron chi connectivity index (χ1n) is 7.44. The fourth-order valence-electron chi connectivity index (χ4n) is 2.30. The van der Waals surface area contributed by atoms with E-state index in [0.717, 1.165) is 17.5 Å². The van der Waals surface area contributed by atoms with Crippen LogP contribution >= 0.6 is 0 Å². The third kappa shape index (κ3) is 5.31. The van der Waals surface area contributed by atoms with Crippen molar-refractivity contribution in [1.82, 2.24) is 5.32 Å². The molecule has 0 aliphatic heterocycles. The number of ketones is 1. The first kappa shape index (κ1) is 17.4. The smallest absolute Gasteiger partial charge is 0.303 e. The third-order valence-corrected chi connectivity index (χ3v) is 3.71. The molecule has 0 radical (unpaired) electrons. The molecular formula is C17H25NO3. The molecule has 0 saturated heterocycles. The second-order valence-corrected chi connectivity index (χ2v) is 5.64. The molecule has 0 aromatic heterocycles. The molecule has 1 rings (SSSR count). The maximum absolute atomic E-state index is 12.7. The predicted molar refractivity (Wildman–Crippen MR) is 83.8 cm³/mol. The van der Waals surface area contributed by atoms with Crippen LogP contribution in [-0.2, 0) is 4.79 Å². The Labute approximate surface area is 126 Å². The molecule has 0 spiro atoms. The Morgan fingerprint density at radius 3 is 2.48 bits per heavy atom. The number of nitrogens with one attached hydrogen (secondary N) is 1. The fourth-order valence-corrected chi connectivity index (χ4v) is 2.30. The van der Waals surface area contributed by atoms with Gasteiger partial charge in [-0.15, -0.1) is 0 Å². The summed E-state index contributed by atoms with van der Waals surface area (Å²) in [6.07, 6.45) is 1.19. The van der Waals surface area contributed by atoms with E-state index in [1.165, 1.54) is 0 Å². The minimum Gasteiger partial charge on any atom is -0.481 e. The lowest BCUT2D eigenvalue weighted by molar-refractivity contribution is -0.137. The highest BCUT2D eigenvalue weighted by atomic mass is 16.4. The molecule has 2 unspecified atom stereocenters. The molecule has 0 saturated carbocycles. The number of hydrogen-bond acceptors (Lipinski definition) is 3. The summed E-state index contributed by atoms with van der Waals surface area (Å²) in [6.45, 7) is 7.94. The van der Waals surface area contributed by atoms with E-state index < -0.39 is 12.0 Å². The minimum absolute atomic E-state index is 0.00918. The van der Waals surface area contributed by atoms with Gasteiger partial charge in [-0.05, 0) is 39.2 Å². The van der Waals surface area contributed by atoms with Crippen molar-refractivity contribution in [2.75, 3.05) is 0 Å². The van der Waals surface area contributed by atoms with E-state index in [2.05, 4.69) is 5.32 Å². The molecule has 21 heavy (non-hydrogen) atoms. The second kappa shape index (κ2) is 7.93. The van der Waals surface area contributed by atoms with Gasteiger partial charge in [0.05, 0.1) is 6.04 Å². The van der Waals surface area contributed by atoms with Crippen molar-refractivity contribution >= 4 is 11.8 Å². The molecule has 1 aromatic rings. The molecule has 0 aliphatic rings. The minimum atomic E-state index is -0.876. The monoisotopic (exact) mass is 291 g/mol. The Hall–Kier alpha value is -1.68. The summed E-state index contributed by atoms with van der Waals surface area (Å²) in [6, 6.07) is 5.46. The van der Waals surface area contributed by atoms with Gasteiger partial charge in [0.25, 0.3) is 0 Å². The van der Waals surface area contributed by atoms with Crippen molar-refractivity contribution in [2.24, 2.45) is 0 Å². The number of aliphatic carboxylic acids is 1. The van der Waals surface area contributed by atoms with Crippen LogP contribution in [0, 0.1) is 13.8 Å². The molecule has 2 N–H and O–H groups in total. The number of benzene rings is 1. The number of carbonyl (C=O) groups is 2. The van der Waals surface area contributed by atoms with Gasteiger partial charge in [-0.25, -0.2) is 0 Å². The Morgan fingerprint density at radius 2 is 1.95 bits per heavy atom. The maximum Gasteiger partial charge on any atom is 0.303 e. The van der Waals surface area contributed by atoms with Crippen LogP contribution in [0.25, 0.3) is 0 Å². The van der Waals surface area contributed by atoms with Gasteiger partial charge in [0.15, 0.2) is 5.78 Å². The van der Waals surface area contributed by atoms with E-state index in [1.54, 1.807) is 0 Å². The highest BCUT2D eigenvalue weighted by Crippen LogP contribution is 2.15. The summed E-state index contributed by atoms with van der Waals surface area (Å²) in [5.74, 6) is -0.895. The lowest BCUT2D eigenvalue weighted by atomic mass is 9.95. The van der Waals surface area contributed by atoms with Crippen molar-refractivity contribution in [3.63, 3.8) is 0 Å². The number of aryl methyl sites for hydroxylation is 2. The second-order valence-electron chi connectivity index (χ2n) is 5.64. The molecule has 2 atom stereocenters. The number of hydrogen-bond donors (Lipinski definition) is 2. The van der Waals surface area contributed by atoms with Crippen molar-refractivity contribution in [1.29, 1.82) is 0 Å². The zero-order valence-electron chi connectivity index (χ0n) is 13.3. The molecule has 4 heteroatoms. The largest absolute Gasteiger partial charge is 0.481 e. The van der Waals surface area contributed by atoms with Crippen LogP contribution in [0.1, 0.15) is 54.6 Å². The van der Waals surface area contributed by atoms with Crippen LogP contribution in [0.3, 0.4) is 0 Å². The van der Waals surface area contributed by atoms with Crippen LogP contribution in [0.4, 0.5) is 0 Å². The van der Waals surface area contributed by atoms with Crippen molar-refractivity contribution in [3.05, 3.63) is 34.9 Å². The highest BCUT2D eigenvalue weighted by molar-refractivity contribution is 6.01. The molecule has 0 bridgehead atoms. The normalized spacial score (nSPS) is 13.7. The maximum atomic E-state index is 12.7. The van der Waals surface area contributed by atoms with E-state index in [4.69, 9.17) is 5.11 Å². The zero-order valence-corrected chi connectivity index (χ0v) is 13.3. The summed E-state index contributed by atoms with van der Waals surface area (Å²) in [4.78, 5) is 23.5. The quantitative estimate of drug-likeness (QED) is 0.722. The zero-order chi connectivity index (χ0) is 16.0. The van der Waals surface area contributed by atoms with Crippen molar-refractivity contribution < 1.29 is 14.7 Å². The molecule has 0 amide bonds. The van der Waals surface area contributed by atoms with Crippen molar-refractivity contribution in [3.8, 4) is 0 Å². The lowest BCUT2D eigenvalue weighted by Crippen LogP contribution is -2.42. The molecular weight excluding hydrogens is 266 g/mol. The summed E-state index contributed by atoms with van der Waals surface area (Å²) in [7, 11) is 0. The molecule has 0 heterocycles. The van der Waals surface area contributed by atoms with Gasteiger partial charge in [0, 0.05) is 18.0 Å². The van der Waals surface area contributed by atoms with Crippen molar-refractivity contribution in [2.45, 2.75) is 59.0 Å². The Kier molecular flexibility index (Phi) is 6.56. The highest BCUT2D eigenvalue weighted by Gasteiger charge is 2.23. The summed E-state index contributed by atoms with van der Waals surface area (Å²) in [5, 5.41) is 12.1. The van der Waals surface area contributed by atoms with E-state index in [0.29, 0.717) is 12.0 Å². The van der Waals surface area contributed by atoms with Gasteiger partial charge in [-0.3, -0.25) is 9.59 Å². The summed E-state index contributed by atoms with van der Waals surface area (Å²) < 4.78 is 0. The average Bonchev–Trinajstić information content (AvgIpc) is 2.42. The van der Waals surface area contributed by atoms with Gasteiger partial charge < -0.3 is 10.4 Å².